The molecule has 198 valence electrons. The van der Waals surface area contributed by atoms with Crippen LogP contribution < -0.4 is 10.2 Å². The summed E-state index contributed by atoms with van der Waals surface area (Å²) < 4.78 is 101. The van der Waals surface area contributed by atoms with Gasteiger partial charge in [0.15, 0.2) is 9.84 Å². The van der Waals surface area contributed by atoms with Crippen LogP contribution in [-0.2, 0) is 20.2 Å². The van der Waals surface area contributed by atoms with E-state index in [4.69, 9.17) is 0 Å². The second kappa shape index (κ2) is 10.3. The van der Waals surface area contributed by atoms with Gasteiger partial charge in [0, 0.05) is 29.9 Å². The lowest BCUT2D eigenvalue weighted by Crippen LogP contribution is -2.53. The van der Waals surface area contributed by atoms with Crippen LogP contribution in [0, 0.1) is 0 Å². The van der Waals surface area contributed by atoms with Gasteiger partial charge in [-0.3, -0.25) is 9.69 Å². The average molecular weight is 542 g/mol. The molecule has 0 atom stereocenters. The molecular weight excluding hydrogens is 522 g/mol. The van der Waals surface area contributed by atoms with Crippen LogP contribution >= 0.6 is 0 Å². The number of sulfone groups is 1. The molecule has 0 radical (unpaired) electrons. The van der Waals surface area contributed by atoms with Crippen molar-refractivity contribution in [3.05, 3.63) is 54.1 Å². The number of nitrogens with one attached hydrogen (secondary N) is 1. The lowest BCUT2D eigenvalue weighted by molar-refractivity contribution is -0.376. The summed E-state index contributed by atoms with van der Waals surface area (Å²) in [5.41, 5.74) is -6.76. The third-order valence-electron chi connectivity index (χ3n) is 5.09. The Balaban J connectivity index is 2.11. The molecule has 36 heavy (non-hydrogen) atoms. The van der Waals surface area contributed by atoms with Gasteiger partial charge in [-0.15, -0.1) is 0 Å². The van der Waals surface area contributed by atoms with Crippen molar-refractivity contribution in [1.29, 1.82) is 0 Å². The molecule has 2 rings (SSSR count). The number of nitrogens with zero attached hydrogens (tertiary/aromatic N) is 1. The maximum Gasteiger partial charge on any atom is 0.430 e. The number of halogens is 6. The molecule has 0 spiro atoms. The van der Waals surface area contributed by atoms with Gasteiger partial charge in [0.25, 0.3) is 5.60 Å². The maximum absolute atomic E-state index is 13.0. The summed E-state index contributed by atoms with van der Waals surface area (Å²) in [5.74, 6) is -0.983. The van der Waals surface area contributed by atoms with Crippen molar-refractivity contribution in [1.82, 2.24) is 0 Å². The molecular formula is C21H20F6N2O6S. The van der Waals surface area contributed by atoms with Gasteiger partial charge in [0.05, 0.1) is 10.6 Å². The van der Waals surface area contributed by atoms with Crippen molar-refractivity contribution in [3.63, 3.8) is 0 Å². The van der Waals surface area contributed by atoms with E-state index in [0.29, 0.717) is 12.1 Å². The first-order valence-electron chi connectivity index (χ1n) is 10.0. The number of carbonyl (C=O) groups is 2. The first-order valence-corrected chi connectivity index (χ1v) is 11.7. The molecule has 2 amide bonds. The number of rotatable bonds is 8. The minimum Gasteiger partial charge on any atom is -0.465 e. The minimum atomic E-state index is -6.06. The van der Waals surface area contributed by atoms with Crippen LogP contribution in [-0.4, -0.2) is 55.3 Å². The van der Waals surface area contributed by atoms with Gasteiger partial charge in [-0.25, -0.2) is 13.2 Å². The van der Waals surface area contributed by atoms with Gasteiger partial charge in [0.2, 0.25) is 5.91 Å². The van der Waals surface area contributed by atoms with Gasteiger partial charge in [-0.2, -0.15) is 26.3 Å². The molecule has 2 aromatic carbocycles. The monoisotopic (exact) mass is 542 g/mol. The number of benzene rings is 2. The molecule has 0 aromatic heterocycles. The quantitative estimate of drug-likeness (QED) is 0.428. The van der Waals surface area contributed by atoms with E-state index < -0.39 is 58.3 Å². The molecule has 0 bridgehead atoms. The van der Waals surface area contributed by atoms with Crippen LogP contribution in [0.15, 0.2) is 53.4 Å². The van der Waals surface area contributed by atoms with Gasteiger partial charge in [-0.1, -0.05) is 19.1 Å². The lowest BCUT2D eigenvalue weighted by atomic mass is 9.92. The molecule has 15 heteroatoms. The number of carboxylic acid groups (broad SMARTS) is 1. The SMILES string of the molecule is CCS(=O)(=O)c1ccc(N(CCC(=O)Nc2ccc(C(O)(C(F)(F)F)C(F)(F)F)cc2)C(=O)O)cc1. The van der Waals surface area contributed by atoms with Crippen molar-refractivity contribution in [2.75, 3.05) is 22.5 Å². The molecule has 0 aliphatic rings. The van der Waals surface area contributed by atoms with Crippen molar-refractivity contribution < 1.29 is 54.6 Å². The number of hydrogen-bond acceptors (Lipinski definition) is 5. The van der Waals surface area contributed by atoms with E-state index in [1.54, 1.807) is 0 Å². The van der Waals surface area contributed by atoms with Gasteiger partial charge >= 0.3 is 18.4 Å². The highest BCUT2D eigenvalue weighted by molar-refractivity contribution is 7.91. The number of amides is 2. The fraction of sp³-hybridized carbons (Fsp3) is 0.333. The Morgan fingerprint density at radius 3 is 1.83 bits per heavy atom. The van der Waals surface area contributed by atoms with E-state index in [0.717, 1.165) is 17.0 Å². The van der Waals surface area contributed by atoms with Crippen LogP contribution in [0.2, 0.25) is 0 Å². The minimum absolute atomic E-state index is 0.0248. The van der Waals surface area contributed by atoms with E-state index in [1.807, 2.05) is 0 Å². The predicted molar refractivity (Wildman–Crippen MR) is 115 cm³/mol. The Kier molecular flexibility index (Phi) is 8.30. The Hall–Kier alpha value is -3.33. The smallest absolute Gasteiger partial charge is 0.430 e. The van der Waals surface area contributed by atoms with Crippen molar-refractivity contribution in [2.45, 2.75) is 36.2 Å². The zero-order valence-corrected chi connectivity index (χ0v) is 19.2. The van der Waals surface area contributed by atoms with Crippen molar-refractivity contribution in [3.8, 4) is 0 Å². The number of alkyl halides is 6. The van der Waals surface area contributed by atoms with Crippen LogP contribution in [0.5, 0.6) is 0 Å². The zero-order valence-electron chi connectivity index (χ0n) is 18.4. The van der Waals surface area contributed by atoms with Crippen molar-refractivity contribution in [2.24, 2.45) is 0 Å². The summed E-state index contributed by atoms with van der Waals surface area (Å²) >= 11 is 0. The zero-order chi connectivity index (χ0) is 27.5. The van der Waals surface area contributed by atoms with Crippen LogP contribution in [0.4, 0.5) is 42.5 Å². The van der Waals surface area contributed by atoms with E-state index in [1.165, 1.54) is 31.2 Å². The molecule has 0 aliphatic heterocycles. The number of hydrogen-bond donors (Lipinski definition) is 3. The third kappa shape index (κ3) is 6.07. The average Bonchev–Trinajstić information content (AvgIpc) is 2.77. The molecule has 8 nitrogen and oxygen atoms in total. The van der Waals surface area contributed by atoms with Gasteiger partial charge in [0.1, 0.15) is 0 Å². The molecule has 3 N–H and O–H groups in total. The molecule has 2 aromatic rings. The summed E-state index contributed by atoms with van der Waals surface area (Å²) in [6, 6.07) is 7.02. The first kappa shape index (κ1) is 28.9. The number of carbonyl (C=O) groups excluding carboxylic acids is 1. The summed E-state index contributed by atoms with van der Waals surface area (Å²) in [6.45, 7) is 1.03. The summed E-state index contributed by atoms with van der Waals surface area (Å²) in [6.07, 6.45) is -14.0. The number of aliphatic hydroxyl groups is 1. The fourth-order valence-electron chi connectivity index (χ4n) is 3.05. The molecule has 0 fully saturated rings. The van der Waals surface area contributed by atoms with Gasteiger partial charge < -0.3 is 15.5 Å². The van der Waals surface area contributed by atoms with E-state index >= 15 is 0 Å². The van der Waals surface area contributed by atoms with Crippen LogP contribution in [0.1, 0.15) is 18.9 Å². The molecule has 0 unspecified atom stereocenters. The molecule has 0 aliphatic carbocycles. The summed E-state index contributed by atoms with van der Waals surface area (Å²) in [5, 5.41) is 21.0. The van der Waals surface area contributed by atoms with Crippen LogP contribution in [0.3, 0.4) is 0 Å². The molecule has 0 heterocycles. The second-order valence-corrected chi connectivity index (χ2v) is 9.69. The fourth-order valence-corrected chi connectivity index (χ4v) is 3.94. The normalized spacial score (nSPS) is 12.8. The largest absolute Gasteiger partial charge is 0.465 e. The highest BCUT2D eigenvalue weighted by atomic mass is 32.2. The Bertz CT molecular complexity index is 1180. The van der Waals surface area contributed by atoms with Crippen LogP contribution in [0.25, 0.3) is 0 Å². The Morgan fingerprint density at radius 1 is 0.917 bits per heavy atom. The maximum atomic E-state index is 13.0. The second-order valence-electron chi connectivity index (χ2n) is 7.41. The Morgan fingerprint density at radius 2 is 1.42 bits per heavy atom. The standard InChI is InChI=1S/C21H20F6N2O6S/c1-2-36(34,35)16-9-7-15(8-10-16)29(18(31)32)12-11-17(30)28-14-5-3-13(4-6-14)19(33,20(22,23)24)21(25,26)27/h3-10,33H,2,11-12H2,1H3,(H,28,30)(H,31,32). The summed E-state index contributed by atoms with van der Waals surface area (Å²) in [4.78, 5) is 24.5. The summed E-state index contributed by atoms with van der Waals surface area (Å²) in [7, 11) is -3.52. The van der Waals surface area contributed by atoms with Crippen molar-refractivity contribution >= 4 is 33.2 Å². The van der Waals surface area contributed by atoms with E-state index in [9.17, 15) is 54.6 Å². The number of anilines is 2. The van der Waals surface area contributed by atoms with Gasteiger partial charge in [-0.05, 0) is 36.4 Å². The topological polar surface area (TPSA) is 124 Å². The third-order valence-corrected chi connectivity index (χ3v) is 6.84. The highest BCUT2D eigenvalue weighted by Crippen LogP contribution is 2.50. The first-order chi connectivity index (χ1) is 16.4. The molecule has 0 saturated heterocycles. The van der Waals surface area contributed by atoms with E-state index in [2.05, 4.69) is 5.32 Å². The molecule has 0 saturated carbocycles. The lowest BCUT2D eigenvalue weighted by Gasteiger charge is -2.32. The highest BCUT2D eigenvalue weighted by Gasteiger charge is 2.71. The predicted octanol–water partition coefficient (Wildman–Crippen LogP) is 4.31. The Labute approximate surface area is 201 Å². The van der Waals surface area contributed by atoms with E-state index in [-0.39, 0.29) is 22.0 Å².